The average Bonchev–Trinajstić information content (AvgIpc) is 2.66. The Morgan fingerprint density at radius 1 is 1.00 bits per heavy atom. The maximum absolute atomic E-state index is 5.65. The molecule has 0 atom stereocenters. The summed E-state index contributed by atoms with van der Waals surface area (Å²) in [6.07, 6.45) is 11.2. The highest BCUT2D eigenvalue weighted by Gasteiger charge is 2.40. The van der Waals surface area contributed by atoms with Gasteiger partial charge in [-0.25, -0.2) is 0 Å². The van der Waals surface area contributed by atoms with Crippen molar-refractivity contribution in [2.24, 2.45) is 11.3 Å². The maximum Gasteiger partial charge on any atom is 0.0471 e. The van der Waals surface area contributed by atoms with E-state index >= 15 is 0 Å². The molecule has 1 heterocycles. The second-order valence-electron chi connectivity index (χ2n) is 7.77. The molecule has 0 aromatic heterocycles. The van der Waals surface area contributed by atoms with Crippen molar-refractivity contribution in [3.63, 3.8) is 0 Å². The molecule has 1 saturated heterocycles. The molecule has 0 bridgehead atoms. The van der Waals surface area contributed by atoms with Crippen molar-refractivity contribution in [1.29, 1.82) is 0 Å². The van der Waals surface area contributed by atoms with E-state index in [2.05, 4.69) is 26.1 Å². The van der Waals surface area contributed by atoms with Gasteiger partial charge in [-0.05, 0) is 57.8 Å². The molecule has 2 rings (SSSR count). The highest BCUT2D eigenvalue weighted by molar-refractivity contribution is 4.92. The lowest BCUT2D eigenvalue weighted by Crippen LogP contribution is -2.49. The molecule has 1 aliphatic heterocycles. The summed E-state index contributed by atoms with van der Waals surface area (Å²) in [5, 5.41) is 3.79. The van der Waals surface area contributed by atoms with Gasteiger partial charge in [0, 0.05) is 25.3 Å². The van der Waals surface area contributed by atoms with Crippen LogP contribution >= 0.6 is 0 Å². The van der Waals surface area contributed by atoms with E-state index in [1.807, 2.05) is 0 Å². The van der Waals surface area contributed by atoms with Crippen molar-refractivity contribution < 1.29 is 4.74 Å². The minimum Gasteiger partial charge on any atom is -0.381 e. The largest absolute Gasteiger partial charge is 0.381 e. The highest BCUT2D eigenvalue weighted by atomic mass is 16.5. The van der Waals surface area contributed by atoms with Crippen LogP contribution in [0.5, 0.6) is 0 Å². The summed E-state index contributed by atoms with van der Waals surface area (Å²) in [5.41, 5.74) is 0.742. The van der Waals surface area contributed by atoms with Crippen molar-refractivity contribution in [3.05, 3.63) is 0 Å². The van der Waals surface area contributed by atoms with E-state index in [-0.39, 0.29) is 5.54 Å². The first kappa shape index (κ1) is 15.3. The van der Waals surface area contributed by atoms with E-state index in [9.17, 15) is 0 Å². The van der Waals surface area contributed by atoms with Gasteiger partial charge in [0.05, 0.1) is 0 Å². The molecule has 112 valence electrons. The van der Waals surface area contributed by atoms with Crippen molar-refractivity contribution in [2.75, 3.05) is 19.8 Å². The molecule has 2 aliphatic rings. The summed E-state index contributed by atoms with van der Waals surface area (Å²) in [7, 11) is 0. The smallest absolute Gasteiger partial charge is 0.0471 e. The van der Waals surface area contributed by atoms with Crippen LogP contribution in [0.2, 0.25) is 0 Å². The first-order valence-electron chi connectivity index (χ1n) is 8.35. The van der Waals surface area contributed by atoms with E-state index in [1.165, 1.54) is 57.9 Å². The summed E-state index contributed by atoms with van der Waals surface area (Å²) >= 11 is 0. The van der Waals surface area contributed by atoms with Gasteiger partial charge in [0.15, 0.2) is 0 Å². The predicted octanol–water partition coefficient (Wildman–Crippen LogP) is 4.14. The lowest BCUT2D eigenvalue weighted by molar-refractivity contribution is -0.0252. The van der Waals surface area contributed by atoms with Crippen molar-refractivity contribution in [2.45, 2.75) is 77.7 Å². The Kier molecular flexibility index (Phi) is 5.30. The first-order valence-corrected chi connectivity index (χ1v) is 8.35. The van der Waals surface area contributed by atoms with Gasteiger partial charge in [0.25, 0.3) is 0 Å². The Morgan fingerprint density at radius 3 is 2.11 bits per heavy atom. The molecular formula is C17H33NO. The standard InChI is InChI=1S/C17H33NO/c1-16(2,3)18-14-17(10-12-19-13-11-17)15-8-6-4-5-7-9-15/h15,18H,4-14H2,1-3H3. The number of rotatable bonds is 3. The molecule has 0 aromatic carbocycles. The van der Waals surface area contributed by atoms with Crippen LogP contribution in [0.25, 0.3) is 0 Å². The fraction of sp³-hybridized carbons (Fsp3) is 1.00. The third kappa shape index (κ3) is 4.46. The van der Waals surface area contributed by atoms with Gasteiger partial charge in [-0.3, -0.25) is 0 Å². The second-order valence-corrected chi connectivity index (χ2v) is 7.77. The van der Waals surface area contributed by atoms with E-state index in [4.69, 9.17) is 4.74 Å². The zero-order valence-electron chi connectivity index (χ0n) is 13.3. The Hall–Kier alpha value is -0.0800. The molecule has 0 aromatic rings. The molecular weight excluding hydrogens is 234 g/mol. The third-order valence-electron chi connectivity index (χ3n) is 5.18. The summed E-state index contributed by atoms with van der Waals surface area (Å²) < 4.78 is 5.65. The van der Waals surface area contributed by atoms with Gasteiger partial charge in [-0.15, -0.1) is 0 Å². The SMILES string of the molecule is CC(C)(C)NCC1(C2CCCCCC2)CCOCC1. The Morgan fingerprint density at radius 2 is 1.58 bits per heavy atom. The lowest BCUT2D eigenvalue weighted by atomic mass is 9.66. The van der Waals surface area contributed by atoms with Gasteiger partial charge in [0.2, 0.25) is 0 Å². The maximum atomic E-state index is 5.65. The van der Waals surface area contributed by atoms with Crippen LogP contribution in [0.15, 0.2) is 0 Å². The summed E-state index contributed by atoms with van der Waals surface area (Å²) in [5.74, 6) is 0.925. The normalized spacial score (nSPS) is 26.1. The topological polar surface area (TPSA) is 21.3 Å². The van der Waals surface area contributed by atoms with Crippen LogP contribution in [0, 0.1) is 11.3 Å². The van der Waals surface area contributed by atoms with Gasteiger partial charge in [0.1, 0.15) is 0 Å². The lowest BCUT2D eigenvalue weighted by Gasteiger charge is -2.45. The van der Waals surface area contributed by atoms with Gasteiger partial charge >= 0.3 is 0 Å². The molecule has 2 nitrogen and oxygen atoms in total. The molecule has 0 unspecified atom stereocenters. The van der Waals surface area contributed by atoms with Crippen LogP contribution in [0.3, 0.4) is 0 Å². The first-order chi connectivity index (χ1) is 9.02. The molecule has 1 N–H and O–H groups in total. The summed E-state index contributed by atoms with van der Waals surface area (Å²) in [4.78, 5) is 0. The third-order valence-corrected chi connectivity index (χ3v) is 5.18. The molecule has 1 aliphatic carbocycles. The fourth-order valence-electron chi connectivity index (χ4n) is 3.84. The zero-order valence-corrected chi connectivity index (χ0v) is 13.3. The van der Waals surface area contributed by atoms with Crippen LogP contribution in [-0.2, 0) is 4.74 Å². The van der Waals surface area contributed by atoms with Crippen molar-refractivity contribution in [1.82, 2.24) is 5.32 Å². The van der Waals surface area contributed by atoms with Crippen LogP contribution < -0.4 is 5.32 Å². The van der Waals surface area contributed by atoms with Crippen molar-refractivity contribution in [3.8, 4) is 0 Å². The van der Waals surface area contributed by atoms with Crippen LogP contribution in [-0.4, -0.2) is 25.3 Å². The minimum atomic E-state index is 0.232. The number of ether oxygens (including phenoxy) is 1. The average molecular weight is 267 g/mol. The molecule has 0 spiro atoms. The minimum absolute atomic E-state index is 0.232. The van der Waals surface area contributed by atoms with Crippen molar-refractivity contribution >= 4 is 0 Å². The number of hydrogen-bond donors (Lipinski definition) is 1. The second kappa shape index (κ2) is 6.58. The number of hydrogen-bond acceptors (Lipinski definition) is 2. The molecule has 0 amide bonds. The van der Waals surface area contributed by atoms with Gasteiger partial charge < -0.3 is 10.1 Å². The molecule has 2 fully saturated rings. The highest BCUT2D eigenvalue weighted by Crippen LogP contribution is 2.44. The molecule has 19 heavy (non-hydrogen) atoms. The zero-order chi connectivity index (χ0) is 13.8. The Labute approximate surface area is 119 Å². The molecule has 0 radical (unpaired) electrons. The monoisotopic (exact) mass is 267 g/mol. The Balaban J connectivity index is 2.04. The molecule has 1 saturated carbocycles. The van der Waals surface area contributed by atoms with Gasteiger partial charge in [-0.2, -0.15) is 0 Å². The number of nitrogens with one attached hydrogen (secondary N) is 1. The van der Waals surface area contributed by atoms with Gasteiger partial charge in [-0.1, -0.05) is 25.7 Å². The van der Waals surface area contributed by atoms with Crippen LogP contribution in [0.1, 0.15) is 72.1 Å². The van der Waals surface area contributed by atoms with Crippen LogP contribution in [0.4, 0.5) is 0 Å². The van der Waals surface area contributed by atoms with E-state index in [0.717, 1.165) is 19.1 Å². The van der Waals surface area contributed by atoms with E-state index in [1.54, 1.807) is 0 Å². The summed E-state index contributed by atoms with van der Waals surface area (Å²) in [6, 6.07) is 0. The Bertz CT molecular complexity index is 255. The quantitative estimate of drug-likeness (QED) is 0.776. The molecule has 2 heteroatoms. The van der Waals surface area contributed by atoms with E-state index < -0.39 is 0 Å². The predicted molar refractivity (Wildman–Crippen MR) is 81.4 cm³/mol. The summed E-state index contributed by atoms with van der Waals surface area (Å²) in [6.45, 7) is 9.99. The fourth-order valence-corrected chi connectivity index (χ4v) is 3.84. The van der Waals surface area contributed by atoms with E-state index in [0.29, 0.717) is 5.41 Å².